The first-order valence-electron chi connectivity index (χ1n) is 2.30. The molecule has 49 valence electrons. The molecule has 0 rings (SSSR count). The molecule has 0 saturated carbocycles. The average Bonchev–Trinajstić information content (AvgIpc) is 1.67. The molecule has 0 aromatic rings. The van der Waals surface area contributed by atoms with Crippen LogP contribution in [-0.4, -0.2) is 12.6 Å². The molecule has 0 unspecified atom stereocenters. The molecule has 0 aliphatic heterocycles. The number of hydrogen-bond acceptors (Lipinski definition) is 2. The first kappa shape index (κ1) is 12.0. The van der Waals surface area contributed by atoms with Crippen LogP contribution < -0.4 is 0 Å². The molecule has 0 spiro atoms. The van der Waals surface area contributed by atoms with Crippen LogP contribution in [0.1, 0.15) is 6.92 Å². The molecule has 0 fully saturated rings. The molecule has 0 aliphatic carbocycles. The third kappa shape index (κ3) is 6.20. The molecular weight excluding hydrogens is 193 g/mol. The molecule has 2 nitrogen and oxygen atoms in total. The van der Waals surface area contributed by atoms with Crippen molar-refractivity contribution in [2.45, 2.75) is 6.92 Å². The van der Waals surface area contributed by atoms with Crippen LogP contribution >= 0.6 is 0 Å². The summed E-state index contributed by atoms with van der Waals surface area (Å²) in [6.45, 7) is 8.46. The minimum absolute atomic E-state index is 0. The second-order valence-corrected chi connectivity index (χ2v) is 1.42. The second kappa shape index (κ2) is 6.43. The first-order valence-corrected chi connectivity index (χ1v) is 2.30. The van der Waals surface area contributed by atoms with E-state index in [0.717, 1.165) is 0 Å². The summed E-state index contributed by atoms with van der Waals surface area (Å²) in [5, 5.41) is 0. The van der Waals surface area contributed by atoms with E-state index in [-0.39, 0.29) is 45.3 Å². The topological polar surface area (TPSA) is 26.3 Å². The third-order valence-corrected chi connectivity index (χ3v) is 0.582. The Hall–Kier alpha value is 0.314. The summed E-state index contributed by atoms with van der Waals surface area (Å²) in [6.07, 6.45) is 0. The SMILES string of the molecule is C=C(C)C(=O)OC[CH2-].[Y]. The smallest absolute Gasteiger partial charge is 0.330 e. The predicted octanol–water partition coefficient (Wildman–Crippen LogP) is 0.937. The van der Waals surface area contributed by atoms with Gasteiger partial charge < -0.3 is 11.7 Å². The molecule has 0 aromatic carbocycles. The van der Waals surface area contributed by atoms with E-state index in [9.17, 15) is 4.79 Å². The number of esters is 1. The van der Waals surface area contributed by atoms with E-state index in [2.05, 4.69) is 18.2 Å². The van der Waals surface area contributed by atoms with E-state index in [0.29, 0.717) is 5.57 Å². The van der Waals surface area contributed by atoms with Crippen molar-refractivity contribution in [3.05, 3.63) is 19.1 Å². The van der Waals surface area contributed by atoms with Crippen molar-refractivity contribution in [2.75, 3.05) is 6.61 Å². The third-order valence-electron chi connectivity index (χ3n) is 0.582. The Balaban J connectivity index is 0. The Morgan fingerprint density at radius 3 is 2.33 bits per heavy atom. The zero-order valence-electron chi connectivity index (χ0n) is 5.52. The van der Waals surface area contributed by atoms with Gasteiger partial charge in [-0.1, -0.05) is 6.58 Å². The molecule has 0 heterocycles. The fourth-order valence-corrected chi connectivity index (χ4v) is 0.216. The van der Waals surface area contributed by atoms with Crippen molar-refractivity contribution in [1.82, 2.24) is 0 Å². The van der Waals surface area contributed by atoms with Crippen LogP contribution in [0.3, 0.4) is 0 Å². The maximum absolute atomic E-state index is 10.4. The van der Waals surface area contributed by atoms with E-state index in [1.165, 1.54) is 0 Å². The van der Waals surface area contributed by atoms with E-state index in [1.807, 2.05) is 0 Å². The molecule has 0 atom stereocenters. The molecule has 9 heavy (non-hydrogen) atoms. The monoisotopic (exact) mass is 202 g/mol. The summed E-state index contributed by atoms with van der Waals surface area (Å²) in [6, 6.07) is 0. The number of carbonyl (C=O) groups is 1. The van der Waals surface area contributed by atoms with Crippen LogP contribution in [0.25, 0.3) is 0 Å². The molecule has 1 radical (unpaired) electrons. The number of carbonyl (C=O) groups excluding carboxylic acids is 1. The molecule has 0 N–H and O–H groups in total. The maximum atomic E-state index is 10.4. The summed E-state index contributed by atoms with van der Waals surface area (Å²) in [5.74, 6) is -0.375. The summed E-state index contributed by atoms with van der Waals surface area (Å²) in [7, 11) is 0. The van der Waals surface area contributed by atoms with Gasteiger partial charge in [0, 0.05) is 38.3 Å². The second-order valence-electron chi connectivity index (χ2n) is 1.42. The Morgan fingerprint density at radius 2 is 2.22 bits per heavy atom. The van der Waals surface area contributed by atoms with Crippen molar-refractivity contribution in [2.24, 2.45) is 0 Å². The van der Waals surface area contributed by atoms with Crippen molar-refractivity contribution in [3.63, 3.8) is 0 Å². The van der Waals surface area contributed by atoms with Gasteiger partial charge in [0.15, 0.2) is 0 Å². The Labute approximate surface area is 80.5 Å². The average molecular weight is 202 g/mol. The Kier molecular flexibility index (Phi) is 8.60. The molecule has 0 bridgehead atoms. The van der Waals surface area contributed by atoms with Crippen molar-refractivity contribution >= 4 is 5.97 Å². The van der Waals surface area contributed by atoms with Crippen LogP contribution in [0.5, 0.6) is 0 Å². The Morgan fingerprint density at radius 1 is 1.78 bits per heavy atom. The fraction of sp³-hybridized carbons (Fsp3) is 0.333. The number of hydrogen-bond donors (Lipinski definition) is 0. The van der Waals surface area contributed by atoms with Gasteiger partial charge in [-0.15, -0.1) is 0 Å². The van der Waals surface area contributed by atoms with Crippen LogP contribution in [0.15, 0.2) is 12.2 Å². The molecule has 0 amide bonds. The fourth-order valence-electron chi connectivity index (χ4n) is 0.216. The summed E-state index contributed by atoms with van der Waals surface area (Å²) in [5.41, 5.74) is 0.411. The van der Waals surface area contributed by atoms with E-state index >= 15 is 0 Å². The van der Waals surface area contributed by atoms with Crippen molar-refractivity contribution in [3.8, 4) is 0 Å². The van der Waals surface area contributed by atoms with Gasteiger partial charge in [0.2, 0.25) is 0 Å². The number of ether oxygens (including phenoxy) is 1. The number of rotatable bonds is 2. The first-order chi connectivity index (χ1) is 3.68. The van der Waals surface area contributed by atoms with E-state index < -0.39 is 0 Å². The normalized spacial score (nSPS) is 7.33. The van der Waals surface area contributed by atoms with E-state index in [4.69, 9.17) is 0 Å². The van der Waals surface area contributed by atoms with E-state index in [1.54, 1.807) is 6.92 Å². The molecule has 0 aliphatic rings. The predicted molar refractivity (Wildman–Crippen MR) is 31.1 cm³/mol. The van der Waals surface area contributed by atoms with Crippen LogP contribution in [0.2, 0.25) is 0 Å². The quantitative estimate of drug-likeness (QED) is 0.378. The van der Waals surface area contributed by atoms with Gasteiger partial charge in [-0.25, -0.2) is 4.79 Å². The molecular formula is C6H9O2Y-. The van der Waals surface area contributed by atoms with Crippen LogP contribution in [0.4, 0.5) is 0 Å². The minimum atomic E-state index is -0.375. The van der Waals surface area contributed by atoms with Crippen LogP contribution in [-0.2, 0) is 42.2 Å². The largest absolute Gasteiger partial charge is 0.496 e. The minimum Gasteiger partial charge on any atom is -0.496 e. The zero-order valence-corrected chi connectivity index (χ0v) is 8.35. The van der Waals surface area contributed by atoms with Crippen LogP contribution in [0, 0.1) is 6.92 Å². The molecule has 3 heteroatoms. The zero-order chi connectivity index (χ0) is 6.57. The summed E-state index contributed by atoms with van der Waals surface area (Å²) >= 11 is 0. The maximum Gasteiger partial charge on any atom is 0.330 e. The molecule has 0 saturated heterocycles. The van der Waals surface area contributed by atoms with Crippen molar-refractivity contribution < 1.29 is 42.2 Å². The summed E-state index contributed by atoms with van der Waals surface area (Å²) < 4.78 is 4.45. The van der Waals surface area contributed by atoms with Gasteiger partial charge in [0.05, 0.1) is 0 Å². The Bertz CT molecular complexity index is 110. The van der Waals surface area contributed by atoms with Gasteiger partial charge >= 0.3 is 5.97 Å². The van der Waals surface area contributed by atoms with Gasteiger partial charge in [-0.05, 0) is 13.5 Å². The van der Waals surface area contributed by atoms with Crippen molar-refractivity contribution in [1.29, 1.82) is 0 Å². The van der Waals surface area contributed by atoms with Gasteiger partial charge in [0.1, 0.15) is 0 Å². The van der Waals surface area contributed by atoms with Gasteiger partial charge in [-0.2, -0.15) is 0 Å². The summed E-state index contributed by atoms with van der Waals surface area (Å²) in [4.78, 5) is 10.4. The molecule has 0 aromatic heterocycles. The standard InChI is InChI=1S/C6H9O2.Y/c1-4-8-6(7)5(2)3;/h1-2,4H2,3H3;/q-1;. The van der Waals surface area contributed by atoms with Gasteiger partial charge in [0.25, 0.3) is 0 Å². The van der Waals surface area contributed by atoms with Gasteiger partial charge in [-0.3, -0.25) is 0 Å².